The summed E-state index contributed by atoms with van der Waals surface area (Å²) in [6, 6.07) is 40.1. The predicted molar refractivity (Wildman–Crippen MR) is 317 cm³/mol. The molecule has 0 fully saturated rings. The van der Waals surface area contributed by atoms with Gasteiger partial charge in [-0.05, 0) is 197 Å². The molecule has 0 bridgehead atoms. The summed E-state index contributed by atoms with van der Waals surface area (Å²) in [5.41, 5.74) is 26.4. The number of rotatable bonds is 3. The summed E-state index contributed by atoms with van der Waals surface area (Å²) in [5, 5.41) is 2.74. The lowest BCUT2D eigenvalue weighted by atomic mass is 9.33. The number of thiophene rings is 1. The van der Waals surface area contributed by atoms with E-state index in [1.807, 2.05) is 11.3 Å². The van der Waals surface area contributed by atoms with Gasteiger partial charge in [-0.25, -0.2) is 0 Å². The highest BCUT2D eigenvalue weighted by Crippen LogP contribution is 2.55. The lowest BCUT2D eigenvalue weighted by Crippen LogP contribution is -2.61. The third-order valence-electron chi connectivity index (χ3n) is 18.2. The van der Waals surface area contributed by atoms with Gasteiger partial charge in [-0.1, -0.05) is 172 Å². The molecule has 72 heavy (non-hydrogen) atoms. The third-order valence-corrected chi connectivity index (χ3v) is 19.4. The first-order valence-corrected chi connectivity index (χ1v) is 28.1. The van der Waals surface area contributed by atoms with Crippen LogP contribution >= 0.6 is 11.3 Å². The maximum Gasteiger partial charge on any atom is 0.254 e. The molecule has 0 spiro atoms. The summed E-state index contributed by atoms with van der Waals surface area (Å²) < 4.78 is 1.35. The second kappa shape index (κ2) is 15.7. The normalized spacial score (nSPS) is 18.3. The first kappa shape index (κ1) is 49.2. The molecule has 0 saturated carbocycles. The third kappa shape index (κ3) is 7.60. The van der Waals surface area contributed by atoms with Crippen molar-refractivity contribution >= 4 is 78.0 Å². The molecule has 7 aromatic rings. The molecule has 3 heterocycles. The number of hydrogen-bond donors (Lipinski definition) is 0. The second-order valence-electron chi connectivity index (χ2n) is 28.6. The molecule has 11 rings (SSSR count). The quantitative estimate of drug-likeness (QED) is 0.163. The summed E-state index contributed by atoms with van der Waals surface area (Å²) in [4.78, 5) is 5.44. The maximum atomic E-state index is 2.78. The lowest BCUT2D eigenvalue weighted by molar-refractivity contribution is 0.332. The van der Waals surface area contributed by atoms with E-state index in [2.05, 4.69) is 238 Å². The fraction of sp³-hybridized carbons (Fsp3) is 0.441. The van der Waals surface area contributed by atoms with Crippen LogP contribution < -0.4 is 26.2 Å². The number of anilines is 6. The lowest BCUT2D eigenvalue weighted by Gasteiger charge is -2.47. The van der Waals surface area contributed by atoms with Crippen molar-refractivity contribution in [3.63, 3.8) is 0 Å². The fourth-order valence-electron chi connectivity index (χ4n) is 13.3. The van der Waals surface area contributed by atoms with Crippen molar-refractivity contribution in [3.05, 3.63) is 147 Å². The van der Waals surface area contributed by atoms with Gasteiger partial charge < -0.3 is 9.80 Å². The molecular formula is C68H81BN2S. The molecule has 0 N–H and O–H groups in total. The number of fused-ring (bicyclic) bond motifs is 8. The van der Waals surface area contributed by atoms with Crippen LogP contribution in [0.15, 0.2) is 97.1 Å². The van der Waals surface area contributed by atoms with Crippen molar-refractivity contribution in [3.8, 4) is 11.1 Å². The number of nitrogens with zero attached hydrogens (tertiary/aromatic N) is 2. The van der Waals surface area contributed by atoms with Gasteiger partial charge in [0.15, 0.2) is 0 Å². The zero-order chi connectivity index (χ0) is 51.8. The minimum atomic E-state index is -0.0407. The van der Waals surface area contributed by atoms with E-state index in [0.717, 1.165) is 0 Å². The summed E-state index contributed by atoms with van der Waals surface area (Å²) in [6.45, 7) is 45.9. The molecule has 0 unspecified atom stereocenters. The van der Waals surface area contributed by atoms with Crippen LogP contribution in [0.1, 0.15) is 193 Å². The van der Waals surface area contributed by atoms with Gasteiger partial charge in [-0.15, -0.1) is 11.3 Å². The van der Waals surface area contributed by atoms with Gasteiger partial charge in [0.25, 0.3) is 6.71 Å². The van der Waals surface area contributed by atoms with E-state index in [4.69, 9.17) is 0 Å². The summed E-state index contributed by atoms with van der Waals surface area (Å²) in [5.74, 6) is 0. The van der Waals surface area contributed by atoms with Crippen LogP contribution in [0, 0.1) is 13.8 Å². The molecular weight excluding hydrogens is 888 g/mol. The zero-order valence-corrected chi connectivity index (χ0v) is 48.3. The van der Waals surface area contributed by atoms with Crippen LogP contribution in [0.2, 0.25) is 0 Å². The zero-order valence-electron chi connectivity index (χ0n) is 47.4. The molecule has 6 aromatic carbocycles. The van der Waals surface area contributed by atoms with E-state index in [0.29, 0.717) is 0 Å². The van der Waals surface area contributed by atoms with Crippen LogP contribution in [-0.2, 0) is 37.9 Å². The van der Waals surface area contributed by atoms with Crippen molar-refractivity contribution in [1.82, 2.24) is 0 Å². The first-order chi connectivity index (χ1) is 33.4. The van der Waals surface area contributed by atoms with Crippen LogP contribution in [0.4, 0.5) is 33.4 Å². The van der Waals surface area contributed by atoms with Gasteiger partial charge >= 0.3 is 0 Å². The van der Waals surface area contributed by atoms with Gasteiger partial charge in [0, 0.05) is 33.0 Å². The first-order valence-electron chi connectivity index (χ1n) is 27.3. The largest absolute Gasteiger partial charge is 0.311 e. The van der Waals surface area contributed by atoms with Gasteiger partial charge in [-0.2, -0.15) is 0 Å². The van der Waals surface area contributed by atoms with Gasteiger partial charge in [-0.3, -0.25) is 0 Å². The minimum absolute atomic E-state index is 0.00504. The molecule has 0 saturated heterocycles. The van der Waals surface area contributed by atoms with E-state index in [1.165, 1.54) is 147 Å². The Morgan fingerprint density at radius 3 is 1.58 bits per heavy atom. The van der Waals surface area contributed by atoms with E-state index < -0.39 is 0 Å². The van der Waals surface area contributed by atoms with E-state index >= 15 is 0 Å². The highest BCUT2D eigenvalue weighted by molar-refractivity contribution is 7.26. The average Bonchev–Trinajstić information content (AvgIpc) is 3.66. The Morgan fingerprint density at radius 2 is 1.00 bits per heavy atom. The van der Waals surface area contributed by atoms with Crippen LogP contribution in [0.25, 0.3) is 21.2 Å². The Labute approximate surface area is 438 Å². The molecule has 1 aromatic heterocycles. The highest BCUT2D eigenvalue weighted by atomic mass is 32.1. The Balaban J connectivity index is 1.29. The molecule has 0 atom stereocenters. The van der Waals surface area contributed by atoms with Crippen LogP contribution in [0.5, 0.6) is 0 Å². The topological polar surface area (TPSA) is 6.48 Å². The number of hydrogen-bond acceptors (Lipinski definition) is 3. The van der Waals surface area contributed by atoms with E-state index in [1.54, 1.807) is 0 Å². The highest BCUT2D eigenvalue weighted by Gasteiger charge is 2.49. The molecule has 4 heteroatoms. The maximum absolute atomic E-state index is 2.78. The van der Waals surface area contributed by atoms with Crippen LogP contribution in [0.3, 0.4) is 0 Å². The molecule has 4 aliphatic rings. The van der Waals surface area contributed by atoms with Gasteiger partial charge in [0.1, 0.15) is 0 Å². The Hall–Kier alpha value is -5.06. The van der Waals surface area contributed by atoms with Crippen LogP contribution in [-0.4, -0.2) is 6.71 Å². The number of benzene rings is 6. The molecule has 2 nitrogen and oxygen atoms in total. The van der Waals surface area contributed by atoms with Gasteiger partial charge in [0.05, 0.1) is 10.7 Å². The molecule has 2 aliphatic heterocycles. The van der Waals surface area contributed by atoms with Crippen molar-refractivity contribution in [2.45, 2.75) is 195 Å². The van der Waals surface area contributed by atoms with E-state index in [9.17, 15) is 0 Å². The minimum Gasteiger partial charge on any atom is -0.311 e. The molecule has 0 radical (unpaired) electrons. The predicted octanol–water partition coefficient (Wildman–Crippen LogP) is 17.9. The van der Waals surface area contributed by atoms with Crippen molar-refractivity contribution in [2.75, 3.05) is 9.80 Å². The molecule has 0 amide bonds. The van der Waals surface area contributed by atoms with E-state index in [-0.39, 0.29) is 44.6 Å². The van der Waals surface area contributed by atoms with Crippen molar-refractivity contribution in [2.24, 2.45) is 0 Å². The van der Waals surface area contributed by atoms with Crippen molar-refractivity contribution < 1.29 is 0 Å². The SMILES string of the molecule is Cc1cc2c3c(c1)N(c1c(C)cc(C(C)(C)C)cc1-c1ccc4c(c1)C(C)(C)CCC4(C)C)c1cc4c(cc1B3c1c(sc3ccc(C(C)(C)C)cc13)N2c1ccc(C(C)(C)C)cc1)C(C)(C)CCC4(C)C. The summed E-state index contributed by atoms with van der Waals surface area (Å²) >= 11 is 1.98. The summed E-state index contributed by atoms with van der Waals surface area (Å²) in [6.07, 6.45) is 4.72. The Bertz CT molecular complexity index is 3390. The molecule has 2 aliphatic carbocycles. The standard InChI is InChI=1S/C68H81BN2S/c1-40-32-55-59-56(33-40)71(60-41(2)34-45(64(9,10)11)37-47(60)42-20-26-49-50(35-42)66(14,15)29-28-65(49,12)13)54-39-52-51(67(16,17)30-31-68(52,18)19)38-53(54)69(59)58-48-36-44(63(6,7)8)23-27-57(48)72-61(58)70(55)46-24-21-43(22-25-46)62(3,4)5/h20-27,32-39H,28-31H2,1-19H3. The average molecular weight is 969 g/mol. The Kier molecular flexibility index (Phi) is 10.7. The van der Waals surface area contributed by atoms with Crippen molar-refractivity contribution in [1.29, 1.82) is 0 Å². The molecule has 372 valence electrons. The van der Waals surface area contributed by atoms with Gasteiger partial charge in [0.2, 0.25) is 0 Å². The second-order valence-corrected chi connectivity index (χ2v) is 29.6. The monoisotopic (exact) mass is 969 g/mol. The Morgan fingerprint density at radius 1 is 0.472 bits per heavy atom. The fourth-order valence-corrected chi connectivity index (χ4v) is 14.5. The number of aryl methyl sites for hydroxylation is 2. The summed E-state index contributed by atoms with van der Waals surface area (Å²) in [7, 11) is 0. The smallest absolute Gasteiger partial charge is 0.254 e.